The van der Waals surface area contributed by atoms with Crippen LogP contribution >= 0.6 is 0 Å². The second-order valence-electron chi connectivity index (χ2n) is 4.72. The molecule has 106 valence electrons. The van der Waals surface area contributed by atoms with E-state index in [0.717, 1.165) is 48.0 Å². The number of benzene rings is 2. The number of carbonyl (C=O) groups excluding carboxylic acids is 1. The normalized spacial score (nSPS) is 10.5. The Morgan fingerprint density at radius 2 is 1.32 bits per heavy atom. The molecule has 0 aromatic heterocycles. The van der Waals surface area contributed by atoms with Crippen LogP contribution in [0.5, 0.6) is 0 Å². The van der Waals surface area contributed by atoms with Crippen molar-refractivity contribution in [3.05, 3.63) is 77.9 Å². The Morgan fingerprint density at radius 1 is 0.909 bits per heavy atom. The van der Waals surface area contributed by atoms with Gasteiger partial charge in [0.1, 0.15) is 0 Å². The zero-order valence-electron chi connectivity index (χ0n) is 12.9. The number of nitrogens with zero attached hydrogens (tertiary/aromatic N) is 1. The molecule has 0 amide bonds. The van der Waals surface area contributed by atoms with Crippen molar-refractivity contribution >= 4 is 48.2 Å². The molecule has 0 aliphatic rings. The minimum atomic E-state index is -0.172. The third-order valence-corrected chi connectivity index (χ3v) is 3.42. The molecule has 0 bridgehead atoms. The molecule has 0 aliphatic heterocycles. The van der Waals surface area contributed by atoms with Gasteiger partial charge in [-0.2, -0.15) is 0 Å². The third kappa shape index (κ3) is 6.07. The zero-order chi connectivity index (χ0) is 16.4. The molecule has 0 atom stereocenters. The van der Waals surface area contributed by atoms with Gasteiger partial charge in [0.15, 0.2) is 0 Å². The summed E-state index contributed by atoms with van der Waals surface area (Å²) in [7, 11) is 0. The summed E-state index contributed by atoms with van der Waals surface area (Å²) in [6.07, 6.45) is 0. The fraction of sp³-hybridized carbons (Fsp3) is 0.105. The van der Waals surface area contributed by atoms with Gasteiger partial charge in [-0.1, -0.05) is 36.4 Å². The van der Waals surface area contributed by atoms with E-state index in [0.29, 0.717) is 0 Å². The molecule has 22 heavy (non-hydrogen) atoms. The van der Waals surface area contributed by atoms with E-state index in [9.17, 15) is 4.79 Å². The van der Waals surface area contributed by atoms with Crippen molar-refractivity contribution in [1.29, 1.82) is 5.26 Å². The van der Waals surface area contributed by atoms with Gasteiger partial charge in [0.2, 0.25) is 0 Å². The maximum atomic E-state index is 11.4. The van der Waals surface area contributed by atoms with Gasteiger partial charge < -0.3 is 0 Å². The van der Waals surface area contributed by atoms with Crippen molar-refractivity contribution < 1.29 is 4.79 Å². The van der Waals surface area contributed by atoms with Gasteiger partial charge in [-0.3, -0.25) is 0 Å². The Morgan fingerprint density at radius 3 is 1.64 bits per heavy atom. The number of Topliss-reactive ketones (excluding diaryl/α,β-unsaturated/α-hetero) is 1. The molecule has 0 fully saturated rings. The van der Waals surface area contributed by atoms with E-state index in [1.807, 2.05) is 79.7 Å². The third-order valence-electron chi connectivity index (χ3n) is 2.87. The van der Waals surface area contributed by atoms with Crippen molar-refractivity contribution in [2.24, 2.45) is 0 Å². The van der Waals surface area contributed by atoms with E-state index < -0.39 is 0 Å². The molecule has 2 nitrogen and oxygen atoms in total. The van der Waals surface area contributed by atoms with Crippen LogP contribution in [0, 0.1) is 11.3 Å². The first-order valence-electron chi connectivity index (χ1n) is 6.94. The molecule has 0 radical (unpaired) electrons. The van der Waals surface area contributed by atoms with Gasteiger partial charge in [0.05, 0.1) is 0 Å². The number of nitriles is 1. The molecule has 2 aromatic rings. The first-order chi connectivity index (χ1) is 10.6. The molecule has 2 aromatic carbocycles. The van der Waals surface area contributed by atoms with Crippen molar-refractivity contribution in [1.82, 2.24) is 0 Å². The Bertz CT molecular complexity index is 671. The van der Waals surface area contributed by atoms with E-state index in [4.69, 9.17) is 5.26 Å². The number of hydrogen-bond acceptors (Lipinski definition) is 2. The molecular formula is C19H17CaNO. The molecule has 0 unspecified atom stereocenters. The summed E-state index contributed by atoms with van der Waals surface area (Å²) in [6.45, 7) is 3.40. The van der Waals surface area contributed by atoms with Crippen LogP contribution < -0.4 is 0 Å². The van der Waals surface area contributed by atoms with Gasteiger partial charge in [-0.15, -0.1) is 0 Å². The van der Waals surface area contributed by atoms with Gasteiger partial charge in [0, 0.05) is 0 Å². The van der Waals surface area contributed by atoms with Crippen LogP contribution in [0.15, 0.2) is 72.3 Å². The molecule has 0 heterocycles. The van der Waals surface area contributed by atoms with E-state index in [1.165, 1.54) is 6.92 Å². The smallest absolute Gasteiger partial charge is 0.0623 e. The second-order valence-corrected chi connectivity index (χ2v) is 6.38. The molecule has 2 rings (SSSR count). The summed E-state index contributed by atoms with van der Waals surface area (Å²) in [4.78, 5) is 11.4. The molecule has 3 heteroatoms. The van der Waals surface area contributed by atoms with Crippen molar-refractivity contribution in [2.45, 2.75) is 13.8 Å². The summed E-state index contributed by atoms with van der Waals surface area (Å²) in [5.41, 5.74) is 2.00. The van der Waals surface area contributed by atoms with Crippen LogP contribution in [0.3, 0.4) is 0 Å². The van der Waals surface area contributed by atoms with Crippen LogP contribution in [0.2, 0.25) is 0 Å². The van der Waals surface area contributed by atoms with E-state index in [-0.39, 0.29) is 11.4 Å². The molecule has 0 spiro atoms. The molecular weight excluding hydrogens is 298 g/mol. The van der Waals surface area contributed by atoms with E-state index >= 15 is 0 Å². The average Bonchev–Trinajstić information content (AvgIpc) is 2.54. The predicted octanol–water partition coefficient (Wildman–Crippen LogP) is 3.60. The van der Waals surface area contributed by atoms with Crippen molar-refractivity contribution in [2.75, 3.05) is 0 Å². The van der Waals surface area contributed by atoms with Gasteiger partial charge in [0.25, 0.3) is 0 Å². The minimum Gasteiger partial charge on any atom is -0.0623 e. The molecule has 0 N–H and O–H groups in total. The van der Waals surface area contributed by atoms with Crippen LogP contribution in [0.1, 0.15) is 19.4 Å². The fourth-order valence-electron chi connectivity index (χ4n) is 1.90. The monoisotopic (exact) mass is 315 g/mol. The first kappa shape index (κ1) is 18.5. The predicted molar refractivity (Wildman–Crippen MR) is 92.5 cm³/mol. The fourth-order valence-corrected chi connectivity index (χ4v) is 2.50. The van der Waals surface area contributed by atoms with E-state index in [1.54, 1.807) is 0 Å². The summed E-state index contributed by atoms with van der Waals surface area (Å²) in [5.74, 6) is -0.172. The summed E-state index contributed by atoms with van der Waals surface area (Å²) in [5, 5.41) is 9.05. The Balaban J connectivity index is 0.000000335. The standard InChI is InChI=1S/C13H11NO.C6H6.Ca/c1-3-12(13(9-14)10(2)15)11-7-5-4-6-8-11;1-2-4-6-5-3-1;/h4-8H,1-2H3;1-6H;/b13-12+;;. The Hall–Kier alpha value is -1.53. The van der Waals surface area contributed by atoms with Gasteiger partial charge in [-0.25, -0.2) is 0 Å². The molecule has 0 aliphatic carbocycles. The SMILES string of the molecule is CC(=O)/C(C#N)=C(\[C](C)=[Ca])c1ccccc1.c1ccccc1. The van der Waals surface area contributed by atoms with Crippen LogP contribution in [0.25, 0.3) is 5.57 Å². The molecule has 0 saturated carbocycles. The number of carbonyl (C=O) groups is 1. The number of allylic oxidation sites excluding steroid dienone is 2. The summed E-state index contributed by atoms with van der Waals surface area (Å²) < 4.78 is 1.10. The first-order valence-corrected chi connectivity index (χ1v) is 8.05. The maximum Gasteiger partial charge on any atom is -0.0623 e. The number of ketones is 1. The summed E-state index contributed by atoms with van der Waals surface area (Å²) in [6, 6.07) is 23.6. The Labute approximate surface area is 155 Å². The van der Waals surface area contributed by atoms with Crippen molar-refractivity contribution in [3.8, 4) is 6.07 Å². The number of hydrogen-bond donors (Lipinski definition) is 0. The van der Waals surface area contributed by atoms with E-state index in [2.05, 4.69) is 0 Å². The largest absolute Gasteiger partial charge is 0.0623 e. The summed E-state index contributed by atoms with van der Waals surface area (Å²) >= 11 is 0.947. The zero-order valence-corrected chi connectivity index (χ0v) is 15.1. The van der Waals surface area contributed by atoms with Gasteiger partial charge >= 0.3 is 120 Å². The van der Waals surface area contributed by atoms with Crippen LogP contribution in [0.4, 0.5) is 0 Å². The van der Waals surface area contributed by atoms with Crippen LogP contribution in [-0.2, 0) is 4.79 Å². The maximum absolute atomic E-state index is 11.4. The van der Waals surface area contributed by atoms with Crippen molar-refractivity contribution in [3.63, 3.8) is 0 Å². The second kappa shape index (κ2) is 10.2. The molecule has 0 saturated heterocycles. The average molecular weight is 315 g/mol. The van der Waals surface area contributed by atoms with Crippen LogP contribution in [-0.4, -0.2) is 42.6 Å². The van der Waals surface area contributed by atoms with Gasteiger partial charge in [-0.05, 0) is 0 Å². The quantitative estimate of drug-likeness (QED) is 0.493. The number of rotatable bonds is 3. The topological polar surface area (TPSA) is 40.9 Å². The Kier molecular flexibility index (Phi) is 8.62. The minimum absolute atomic E-state index is 0.172.